The predicted octanol–water partition coefficient (Wildman–Crippen LogP) is 3.93. The summed E-state index contributed by atoms with van der Waals surface area (Å²) in [6.07, 6.45) is 2.35. The van der Waals surface area contributed by atoms with Gasteiger partial charge in [0, 0.05) is 29.9 Å². The molecule has 2 aromatic heterocycles. The number of aromatic nitrogens is 2. The second-order valence-electron chi connectivity index (χ2n) is 6.27. The van der Waals surface area contributed by atoms with E-state index in [1.807, 2.05) is 0 Å². The first kappa shape index (κ1) is 18.7. The zero-order chi connectivity index (χ0) is 18.6. The third-order valence-corrected chi connectivity index (χ3v) is 3.29. The molecule has 0 aliphatic heterocycles. The Morgan fingerprint density at radius 2 is 1.80 bits per heavy atom. The van der Waals surface area contributed by atoms with E-state index in [0.717, 1.165) is 4.42 Å². The molecule has 0 aliphatic rings. The third kappa shape index (κ3) is 5.15. The highest BCUT2D eigenvalue weighted by atomic mass is 35.5. The fourth-order valence-electron chi connectivity index (χ4n) is 1.92. The van der Waals surface area contributed by atoms with E-state index < -0.39 is 17.6 Å². The normalized spacial score (nSPS) is 10.9. The van der Waals surface area contributed by atoms with Crippen LogP contribution in [0.4, 0.5) is 16.2 Å². The zero-order valence-electron chi connectivity index (χ0n) is 14.4. The summed E-state index contributed by atoms with van der Waals surface area (Å²) in [6.45, 7) is 6.97. The molecule has 0 spiro atoms. The number of ether oxygens (including phenoxy) is 1. The van der Waals surface area contributed by atoms with Crippen LogP contribution in [0.15, 0.2) is 36.7 Å². The van der Waals surface area contributed by atoms with Crippen LogP contribution in [-0.4, -0.2) is 27.6 Å². The number of pyridine rings is 2. The molecule has 2 heterocycles. The van der Waals surface area contributed by atoms with Crippen LogP contribution in [0, 0.1) is 6.92 Å². The maximum Gasteiger partial charge on any atom is 0.412 e. The number of carbonyl (C=O) groups is 2. The molecular formula is C17H19ClN4O3. The van der Waals surface area contributed by atoms with Gasteiger partial charge in [-0.2, -0.15) is 0 Å². The van der Waals surface area contributed by atoms with Crippen LogP contribution >= 0.6 is 11.8 Å². The SMILES string of the molecule is Cc1ccc(NC(=O)OC(C)(C)C)c(C(=O)N(Cl)c2ccncc2)n1. The van der Waals surface area contributed by atoms with Crippen LogP contribution in [0.5, 0.6) is 0 Å². The molecule has 132 valence electrons. The minimum absolute atomic E-state index is 0.0117. The summed E-state index contributed by atoms with van der Waals surface area (Å²) >= 11 is 6.13. The number of hydrogen-bond donors (Lipinski definition) is 1. The number of carbonyl (C=O) groups excluding carboxylic acids is 2. The minimum atomic E-state index is -0.683. The average Bonchev–Trinajstić information content (AvgIpc) is 2.54. The molecular weight excluding hydrogens is 344 g/mol. The molecule has 25 heavy (non-hydrogen) atoms. The van der Waals surface area contributed by atoms with Crippen molar-refractivity contribution in [2.75, 3.05) is 9.74 Å². The molecule has 0 aromatic carbocycles. The lowest BCUT2D eigenvalue weighted by atomic mass is 10.2. The van der Waals surface area contributed by atoms with Crippen molar-refractivity contribution in [3.05, 3.63) is 48.0 Å². The van der Waals surface area contributed by atoms with Gasteiger partial charge in [-0.05, 0) is 52.0 Å². The number of nitrogens with one attached hydrogen (secondary N) is 1. The minimum Gasteiger partial charge on any atom is -0.444 e. The Labute approximate surface area is 151 Å². The smallest absolute Gasteiger partial charge is 0.412 e. The lowest BCUT2D eigenvalue weighted by Crippen LogP contribution is -2.29. The predicted molar refractivity (Wildman–Crippen MR) is 95.7 cm³/mol. The van der Waals surface area contributed by atoms with Crippen molar-refractivity contribution in [1.82, 2.24) is 9.97 Å². The largest absolute Gasteiger partial charge is 0.444 e. The fraction of sp³-hybridized carbons (Fsp3) is 0.294. The van der Waals surface area contributed by atoms with E-state index in [9.17, 15) is 9.59 Å². The van der Waals surface area contributed by atoms with Gasteiger partial charge in [-0.1, -0.05) is 0 Å². The number of rotatable bonds is 3. The highest BCUT2D eigenvalue weighted by Crippen LogP contribution is 2.23. The summed E-state index contributed by atoms with van der Waals surface area (Å²) in [4.78, 5) is 32.8. The van der Waals surface area contributed by atoms with Gasteiger partial charge in [-0.3, -0.25) is 15.1 Å². The van der Waals surface area contributed by atoms with Gasteiger partial charge < -0.3 is 4.74 Å². The molecule has 0 bridgehead atoms. The van der Waals surface area contributed by atoms with E-state index in [0.29, 0.717) is 11.4 Å². The van der Waals surface area contributed by atoms with Gasteiger partial charge in [-0.25, -0.2) is 14.2 Å². The Morgan fingerprint density at radius 3 is 2.40 bits per heavy atom. The Kier molecular flexibility index (Phi) is 5.58. The molecule has 2 aromatic rings. The van der Waals surface area contributed by atoms with Crippen LogP contribution in [0.1, 0.15) is 37.0 Å². The molecule has 0 saturated heterocycles. The lowest BCUT2D eigenvalue weighted by Gasteiger charge is -2.21. The first-order chi connectivity index (χ1) is 11.7. The maximum atomic E-state index is 12.7. The van der Waals surface area contributed by atoms with E-state index in [1.54, 1.807) is 52.0 Å². The molecule has 2 amide bonds. The molecule has 0 fully saturated rings. The first-order valence-electron chi connectivity index (χ1n) is 7.55. The van der Waals surface area contributed by atoms with Crippen LogP contribution in [0.25, 0.3) is 0 Å². The van der Waals surface area contributed by atoms with Crippen LogP contribution in [0.3, 0.4) is 0 Å². The standard InChI is InChI=1S/C17H19ClN4O3/c1-11-5-6-13(21-16(24)25-17(2,3)4)14(20-11)15(23)22(18)12-7-9-19-10-8-12/h5-10H,1-4H3,(H,21,24). The van der Waals surface area contributed by atoms with E-state index in [4.69, 9.17) is 16.5 Å². The number of nitrogens with zero attached hydrogens (tertiary/aromatic N) is 3. The summed E-state index contributed by atoms with van der Waals surface area (Å²) in [5.74, 6) is -0.581. The van der Waals surface area contributed by atoms with Crippen molar-refractivity contribution < 1.29 is 14.3 Å². The number of halogens is 1. The zero-order valence-corrected chi connectivity index (χ0v) is 15.2. The van der Waals surface area contributed by atoms with Crippen LogP contribution in [0.2, 0.25) is 0 Å². The van der Waals surface area contributed by atoms with E-state index >= 15 is 0 Å². The molecule has 8 heteroatoms. The van der Waals surface area contributed by atoms with Gasteiger partial charge in [0.15, 0.2) is 5.69 Å². The van der Waals surface area contributed by atoms with E-state index in [2.05, 4.69) is 15.3 Å². The number of aryl methyl sites for hydroxylation is 1. The van der Waals surface area contributed by atoms with Crippen LogP contribution < -0.4 is 9.74 Å². The Balaban J connectivity index is 2.29. The fourth-order valence-corrected chi connectivity index (χ4v) is 2.11. The van der Waals surface area contributed by atoms with Gasteiger partial charge in [0.05, 0.1) is 11.4 Å². The van der Waals surface area contributed by atoms with Gasteiger partial charge in [0.2, 0.25) is 0 Å². The van der Waals surface area contributed by atoms with Gasteiger partial charge in [0.25, 0.3) is 5.91 Å². The average molecular weight is 363 g/mol. The topological polar surface area (TPSA) is 84.4 Å². The molecule has 0 aliphatic carbocycles. The maximum absolute atomic E-state index is 12.7. The van der Waals surface area contributed by atoms with Crippen molar-refractivity contribution in [2.45, 2.75) is 33.3 Å². The van der Waals surface area contributed by atoms with E-state index in [-0.39, 0.29) is 11.4 Å². The molecule has 0 unspecified atom stereocenters. The second kappa shape index (κ2) is 7.48. The molecule has 2 rings (SSSR count). The summed E-state index contributed by atoms with van der Waals surface area (Å²) in [6, 6.07) is 6.43. The first-order valence-corrected chi connectivity index (χ1v) is 7.89. The van der Waals surface area contributed by atoms with Gasteiger partial charge >= 0.3 is 6.09 Å². The van der Waals surface area contributed by atoms with Gasteiger partial charge in [0.1, 0.15) is 5.60 Å². The van der Waals surface area contributed by atoms with Gasteiger partial charge in [-0.15, -0.1) is 0 Å². The highest BCUT2D eigenvalue weighted by molar-refractivity contribution is 6.39. The summed E-state index contributed by atoms with van der Waals surface area (Å²) in [5, 5.41) is 2.54. The highest BCUT2D eigenvalue weighted by Gasteiger charge is 2.23. The number of hydrogen-bond acceptors (Lipinski definition) is 5. The summed E-state index contributed by atoms with van der Waals surface area (Å²) in [5.41, 5.74) is 0.607. The van der Waals surface area contributed by atoms with Crippen molar-refractivity contribution >= 4 is 35.2 Å². The molecule has 0 radical (unpaired) electrons. The lowest BCUT2D eigenvalue weighted by molar-refractivity contribution is 0.0636. The van der Waals surface area contributed by atoms with Crippen molar-refractivity contribution in [1.29, 1.82) is 0 Å². The third-order valence-electron chi connectivity index (χ3n) is 2.94. The monoisotopic (exact) mass is 362 g/mol. The molecule has 7 nitrogen and oxygen atoms in total. The number of anilines is 2. The Bertz CT molecular complexity index is 775. The van der Waals surface area contributed by atoms with Crippen LogP contribution in [-0.2, 0) is 4.74 Å². The quantitative estimate of drug-likeness (QED) is 0.836. The van der Waals surface area contributed by atoms with Crippen molar-refractivity contribution in [2.24, 2.45) is 0 Å². The molecule has 1 N–H and O–H groups in total. The molecule has 0 atom stereocenters. The van der Waals surface area contributed by atoms with Crippen molar-refractivity contribution in [3.8, 4) is 0 Å². The number of amides is 2. The van der Waals surface area contributed by atoms with Crippen molar-refractivity contribution in [3.63, 3.8) is 0 Å². The second-order valence-corrected chi connectivity index (χ2v) is 6.61. The van der Waals surface area contributed by atoms with E-state index in [1.165, 1.54) is 12.4 Å². The summed E-state index contributed by atoms with van der Waals surface area (Å²) < 4.78 is 6.13. The Morgan fingerprint density at radius 1 is 1.16 bits per heavy atom. The molecule has 0 saturated carbocycles. The summed E-state index contributed by atoms with van der Waals surface area (Å²) in [7, 11) is 0. The Hall–Kier alpha value is -2.67.